The van der Waals surface area contributed by atoms with Crippen molar-refractivity contribution >= 4 is 13.3 Å². The van der Waals surface area contributed by atoms with Gasteiger partial charge in [-0.2, -0.15) is 4.89 Å². The van der Waals surface area contributed by atoms with E-state index in [4.69, 9.17) is 4.89 Å². The molecule has 0 radical (unpaired) electrons. The van der Waals surface area contributed by atoms with Crippen molar-refractivity contribution in [2.45, 2.75) is 6.42 Å². The molecular weight excluding hydrogens is 219 g/mol. The summed E-state index contributed by atoms with van der Waals surface area (Å²) in [6.45, 7) is 0. The summed E-state index contributed by atoms with van der Waals surface area (Å²) in [5.41, 5.74) is 2.38. The van der Waals surface area contributed by atoms with Gasteiger partial charge < -0.3 is 0 Å². The van der Waals surface area contributed by atoms with Crippen LogP contribution in [0.4, 0.5) is 0 Å². The molecule has 2 nitrogen and oxygen atoms in total. The van der Waals surface area contributed by atoms with E-state index in [1.54, 1.807) is 12.1 Å². The van der Waals surface area contributed by atoms with Crippen LogP contribution in [-0.2, 0) is 11.0 Å². The lowest BCUT2D eigenvalue weighted by Gasteiger charge is -2.00. The fourth-order valence-electron chi connectivity index (χ4n) is 1.57. The predicted molar refractivity (Wildman–Crippen MR) is 65.1 cm³/mol. The van der Waals surface area contributed by atoms with E-state index >= 15 is 0 Å². The monoisotopic (exact) mass is 231 g/mol. The second kappa shape index (κ2) is 5.02. The smallest absolute Gasteiger partial charge is 0.156 e. The Labute approximate surface area is 95.4 Å². The van der Waals surface area contributed by atoms with Crippen molar-refractivity contribution in [2.75, 3.05) is 0 Å². The lowest BCUT2D eigenvalue weighted by Crippen LogP contribution is -1.96. The summed E-state index contributed by atoms with van der Waals surface area (Å²) in [6.07, 6.45) is 0.851. The highest BCUT2D eigenvalue weighted by atomic mass is 31.1. The number of hydrogen-bond acceptors (Lipinski definition) is 1. The maximum atomic E-state index is 10.8. The zero-order valence-electron chi connectivity index (χ0n) is 8.71. The molecule has 80 valence electrons. The molecule has 0 aliphatic rings. The molecule has 16 heavy (non-hydrogen) atoms. The van der Waals surface area contributed by atoms with E-state index in [0.29, 0.717) is 5.30 Å². The zero-order valence-corrected chi connectivity index (χ0v) is 9.60. The van der Waals surface area contributed by atoms with E-state index in [2.05, 4.69) is 12.1 Å². The Kier molecular flexibility index (Phi) is 3.45. The molecule has 0 amide bonds. The standard InChI is InChI=1S/C13H11O2P/c14-16(15)13-8-6-12(7-9-13)10-11-4-2-1-3-5-11/h1-9H,10H2/p+1. The maximum absolute atomic E-state index is 10.8. The van der Waals surface area contributed by atoms with Gasteiger partial charge in [0.05, 0.1) is 0 Å². The van der Waals surface area contributed by atoms with Crippen LogP contribution in [0.15, 0.2) is 54.6 Å². The molecule has 1 atom stereocenters. The van der Waals surface area contributed by atoms with Gasteiger partial charge in [-0.15, -0.1) is 0 Å². The van der Waals surface area contributed by atoms with E-state index in [0.717, 1.165) is 12.0 Å². The summed E-state index contributed by atoms with van der Waals surface area (Å²) in [5, 5.41) is 0.479. The van der Waals surface area contributed by atoms with Crippen molar-refractivity contribution < 1.29 is 9.46 Å². The van der Waals surface area contributed by atoms with Crippen molar-refractivity contribution in [3.63, 3.8) is 0 Å². The molecule has 2 rings (SSSR count). The lowest BCUT2D eigenvalue weighted by molar-refractivity contribution is 0.513. The van der Waals surface area contributed by atoms with Gasteiger partial charge in [-0.1, -0.05) is 42.5 Å². The summed E-state index contributed by atoms with van der Waals surface area (Å²) in [6, 6.07) is 17.3. The first kappa shape index (κ1) is 11.0. The van der Waals surface area contributed by atoms with Crippen LogP contribution in [0, 0.1) is 0 Å². The zero-order chi connectivity index (χ0) is 11.4. The van der Waals surface area contributed by atoms with Crippen molar-refractivity contribution in [3.05, 3.63) is 65.7 Å². The average molecular weight is 231 g/mol. The van der Waals surface area contributed by atoms with Crippen LogP contribution >= 0.6 is 8.03 Å². The van der Waals surface area contributed by atoms with Crippen molar-refractivity contribution in [1.82, 2.24) is 0 Å². The topological polar surface area (TPSA) is 37.3 Å². The molecule has 1 N–H and O–H groups in total. The summed E-state index contributed by atoms with van der Waals surface area (Å²) < 4.78 is 10.8. The summed E-state index contributed by atoms with van der Waals surface area (Å²) in [7, 11) is -2.22. The fourth-order valence-corrected chi connectivity index (χ4v) is 1.98. The largest absolute Gasteiger partial charge is 0.546 e. The number of hydrogen-bond donors (Lipinski definition) is 1. The molecule has 0 fully saturated rings. The van der Waals surface area contributed by atoms with Crippen molar-refractivity contribution in [2.24, 2.45) is 0 Å². The van der Waals surface area contributed by atoms with Gasteiger partial charge in [0.1, 0.15) is 0 Å². The van der Waals surface area contributed by atoms with E-state index in [-0.39, 0.29) is 0 Å². The second-order valence-corrected chi connectivity index (χ2v) is 4.66. The third-order valence-electron chi connectivity index (χ3n) is 2.41. The Bertz CT molecular complexity index is 477. The van der Waals surface area contributed by atoms with Crippen LogP contribution in [0.1, 0.15) is 11.1 Å². The van der Waals surface area contributed by atoms with Gasteiger partial charge in [-0.3, -0.25) is 0 Å². The number of rotatable bonds is 3. The van der Waals surface area contributed by atoms with Crippen LogP contribution in [0.2, 0.25) is 0 Å². The van der Waals surface area contributed by atoms with E-state index in [9.17, 15) is 4.57 Å². The van der Waals surface area contributed by atoms with E-state index in [1.807, 2.05) is 30.3 Å². The van der Waals surface area contributed by atoms with Crippen LogP contribution in [0.3, 0.4) is 0 Å². The van der Waals surface area contributed by atoms with Crippen LogP contribution in [-0.4, -0.2) is 4.89 Å². The van der Waals surface area contributed by atoms with Gasteiger partial charge in [-0.25, -0.2) is 0 Å². The Hall–Kier alpha value is -1.50. The highest BCUT2D eigenvalue weighted by Crippen LogP contribution is 2.14. The fraction of sp³-hybridized carbons (Fsp3) is 0.0769. The molecule has 0 saturated heterocycles. The first-order valence-electron chi connectivity index (χ1n) is 5.05. The predicted octanol–water partition coefficient (Wildman–Crippen LogP) is 2.64. The molecule has 0 saturated carbocycles. The molecule has 0 heterocycles. The first-order valence-corrected chi connectivity index (χ1v) is 6.26. The molecule has 3 heteroatoms. The Balaban J connectivity index is 2.14. The van der Waals surface area contributed by atoms with Gasteiger partial charge in [0, 0.05) is 0 Å². The van der Waals surface area contributed by atoms with Crippen molar-refractivity contribution in [3.8, 4) is 0 Å². The summed E-state index contributed by atoms with van der Waals surface area (Å²) in [4.78, 5) is 8.91. The van der Waals surface area contributed by atoms with Gasteiger partial charge in [0.25, 0.3) is 0 Å². The molecule has 0 aliphatic heterocycles. The maximum Gasteiger partial charge on any atom is 0.546 e. The minimum Gasteiger partial charge on any atom is -0.156 e. The van der Waals surface area contributed by atoms with Crippen molar-refractivity contribution in [1.29, 1.82) is 0 Å². The quantitative estimate of drug-likeness (QED) is 0.824. The van der Waals surface area contributed by atoms with Gasteiger partial charge >= 0.3 is 8.03 Å². The average Bonchev–Trinajstić information content (AvgIpc) is 2.31. The molecule has 2 aromatic rings. The van der Waals surface area contributed by atoms with Gasteiger partial charge in [0.2, 0.25) is 5.30 Å². The highest BCUT2D eigenvalue weighted by molar-refractivity contribution is 7.47. The second-order valence-electron chi connectivity index (χ2n) is 3.60. The third-order valence-corrected chi connectivity index (χ3v) is 3.15. The van der Waals surface area contributed by atoms with E-state index < -0.39 is 8.03 Å². The first-order chi connectivity index (χ1) is 7.75. The Morgan fingerprint density at radius 1 is 0.875 bits per heavy atom. The van der Waals surface area contributed by atoms with Crippen LogP contribution in [0.25, 0.3) is 0 Å². The van der Waals surface area contributed by atoms with Crippen LogP contribution in [0.5, 0.6) is 0 Å². The normalized spacial score (nSPS) is 11.2. The number of benzene rings is 2. The van der Waals surface area contributed by atoms with Gasteiger partial charge in [-0.05, 0) is 34.2 Å². The summed E-state index contributed by atoms with van der Waals surface area (Å²) >= 11 is 0. The Morgan fingerprint density at radius 2 is 1.44 bits per heavy atom. The lowest BCUT2D eigenvalue weighted by atomic mass is 10.1. The molecule has 0 bridgehead atoms. The van der Waals surface area contributed by atoms with Crippen LogP contribution < -0.4 is 5.30 Å². The summed E-state index contributed by atoms with van der Waals surface area (Å²) in [5.74, 6) is 0. The minimum atomic E-state index is -2.22. The van der Waals surface area contributed by atoms with Gasteiger partial charge in [0.15, 0.2) is 0 Å². The molecule has 1 unspecified atom stereocenters. The molecule has 0 aliphatic carbocycles. The molecule has 0 aromatic heterocycles. The molecular formula is C13H12O2P+. The minimum absolute atomic E-state index is 0.479. The molecule has 2 aromatic carbocycles. The molecule has 0 spiro atoms. The van der Waals surface area contributed by atoms with E-state index in [1.165, 1.54) is 5.56 Å². The SMILES string of the molecule is O=[P+](O)c1ccc(Cc2ccccc2)cc1. The third kappa shape index (κ3) is 2.75. The highest BCUT2D eigenvalue weighted by Gasteiger charge is 2.14. The Morgan fingerprint density at radius 3 is 2.00 bits per heavy atom.